The van der Waals surface area contributed by atoms with E-state index < -0.39 is 11.9 Å². The number of aromatic nitrogens is 4. The number of carbonyl (C=O) groups excluding carboxylic acids is 1. The fourth-order valence-electron chi connectivity index (χ4n) is 2.76. The second-order valence-electron chi connectivity index (χ2n) is 6.47. The molecule has 0 aliphatic heterocycles. The van der Waals surface area contributed by atoms with Crippen molar-refractivity contribution in [2.75, 3.05) is 0 Å². The molecule has 0 aromatic carbocycles. The summed E-state index contributed by atoms with van der Waals surface area (Å²) in [7, 11) is 1.81. The highest BCUT2D eigenvalue weighted by molar-refractivity contribution is 9.10. The first-order valence-electron chi connectivity index (χ1n) is 8.26. The van der Waals surface area contributed by atoms with Crippen molar-refractivity contribution >= 4 is 21.8 Å². The van der Waals surface area contributed by atoms with Crippen molar-refractivity contribution in [3.63, 3.8) is 0 Å². The van der Waals surface area contributed by atoms with Crippen LogP contribution in [0.2, 0.25) is 0 Å². The van der Waals surface area contributed by atoms with Gasteiger partial charge in [0.05, 0.1) is 29.0 Å². The molecule has 0 unspecified atom stereocenters. The highest BCUT2D eigenvalue weighted by Gasteiger charge is 2.41. The van der Waals surface area contributed by atoms with Crippen LogP contribution in [0.1, 0.15) is 48.0 Å². The highest BCUT2D eigenvalue weighted by atomic mass is 79.9. The first kappa shape index (κ1) is 18.9. The molecular weight excluding hydrogens is 415 g/mol. The minimum absolute atomic E-state index is 0.00290. The van der Waals surface area contributed by atoms with Gasteiger partial charge in [-0.15, -0.1) is 0 Å². The van der Waals surface area contributed by atoms with Crippen molar-refractivity contribution in [3.05, 3.63) is 33.3 Å². The summed E-state index contributed by atoms with van der Waals surface area (Å²) in [6.45, 7) is 2.30. The number of rotatable bonds is 6. The average molecular weight is 434 g/mol. The molecule has 1 N–H and O–H groups in total. The lowest BCUT2D eigenvalue weighted by Gasteiger charge is -2.07. The van der Waals surface area contributed by atoms with Gasteiger partial charge in [-0.1, -0.05) is 0 Å². The quantitative estimate of drug-likeness (QED) is 0.759. The molecular formula is C16H19BrF3N5O. The molecule has 0 spiro atoms. The summed E-state index contributed by atoms with van der Waals surface area (Å²) < 4.78 is 42.2. The van der Waals surface area contributed by atoms with Crippen LogP contribution < -0.4 is 5.32 Å². The number of halogens is 4. The van der Waals surface area contributed by atoms with E-state index in [0.29, 0.717) is 5.69 Å². The van der Waals surface area contributed by atoms with E-state index in [9.17, 15) is 18.0 Å². The SMILES string of the molecule is Cc1cc(CNC(=O)CCn2nc(C(F)(F)F)c(Br)c2C2CC2)nn1C. The van der Waals surface area contributed by atoms with Gasteiger partial charge in [-0.25, -0.2) is 0 Å². The zero-order valence-electron chi connectivity index (χ0n) is 14.4. The van der Waals surface area contributed by atoms with Gasteiger partial charge in [0.15, 0.2) is 5.69 Å². The van der Waals surface area contributed by atoms with Crippen LogP contribution in [0.15, 0.2) is 10.5 Å². The van der Waals surface area contributed by atoms with Crippen molar-refractivity contribution in [1.82, 2.24) is 24.9 Å². The van der Waals surface area contributed by atoms with Crippen molar-refractivity contribution < 1.29 is 18.0 Å². The maximum Gasteiger partial charge on any atom is 0.436 e. The molecule has 1 fully saturated rings. The Bertz CT molecular complexity index is 803. The van der Waals surface area contributed by atoms with Crippen LogP contribution in [-0.2, 0) is 31.1 Å². The molecule has 0 atom stereocenters. The van der Waals surface area contributed by atoms with Crippen LogP contribution in [0.25, 0.3) is 0 Å². The average Bonchev–Trinajstić information content (AvgIpc) is 3.25. The predicted octanol–water partition coefficient (Wildman–Crippen LogP) is 3.29. The number of amides is 1. The van der Waals surface area contributed by atoms with Crippen LogP contribution in [0, 0.1) is 6.92 Å². The topological polar surface area (TPSA) is 64.7 Å². The van der Waals surface area contributed by atoms with E-state index in [1.807, 2.05) is 20.0 Å². The van der Waals surface area contributed by atoms with E-state index in [1.165, 1.54) is 4.68 Å². The molecule has 2 heterocycles. The van der Waals surface area contributed by atoms with Crippen molar-refractivity contribution in [1.29, 1.82) is 0 Å². The second kappa shape index (κ2) is 7.05. The van der Waals surface area contributed by atoms with E-state index in [4.69, 9.17) is 0 Å². The Kier molecular flexibility index (Phi) is 5.14. The third-order valence-electron chi connectivity index (χ3n) is 4.35. The van der Waals surface area contributed by atoms with Gasteiger partial charge in [-0.2, -0.15) is 23.4 Å². The zero-order chi connectivity index (χ0) is 19.1. The van der Waals surface area contributed by atoms with Crippen LogP contribution in [0.4, 0.5) is 13.2 Å². The molecule has 1 amide bonds. The highest BCUT2D eigenvalue weighted by Crippen LogP contribution is 2.46. The predicted molar refractivity (Wildman–Crippen MR) is 91.3 cm³/mol. The lowest BCUT2D eigenvalue weighted by atomic mass is 10.2. The first-order chi connectivity index (χ1) is 12.2. The number of hydrogen-bond acceptors (Lipinski definition) is 3. The van der Waals surface area contributed by atoms with Crippen LogP contribution in [-0.4, -0.2) is 25.5 Å². The minimum atomic E-state index is -4.52. The fourth-order valence-corrected chi connectivity index (χ4v) is 3.59. The standard InChI is InChI=1S/C16H19BrF3N5O/c1-9-7-11(22-24(9)2)8-21-12(26)5-6-25-14(10-3-4-10)13(17)15(23-25)16(18,19)20/h7,10H,3-6,8H2,1-2H3,(H,21,26). The monoisotopic (exact) mass is 433 g/mol. The number of nitrogens with one attached hydrogen (secondary N) is 1. The third kappa shape index (κ3) is 4.11. The lowest BCUT2D eigenvalue weighted by molar-refractivity contribution is -0.142. The number of nitrogens with zero attached hydrogens (tertiary/aromatic N) is 4. The minimum Gasteiger partial charge on any atom is -0.350 e. The molecule has 1 saturated carbocycles. The van der Waals surface area contributed by atoms with Crippen molar-refractivity contribution in [3.8, 4) is 0 Å². The molecule has 142 valence electrons. The molecule has 1 aliphatic carbocycles. The summed E-state index contributed by atoms with van der Waals surface area (Å²) in [6.07, 6.45) is -2.79. The number of aryl methyl sites for hydroxylation is 3. The van der Waals surface area contributed by atoms with Crippen molar-refractivity contribution in [2.45, 2.75) is 51.4 Å². The number of alkyl halides is 3. The Hall–Kier alpha value is -1.84. The Labute approximate surface area is 156 Å². The van der Waals surface area contributed by atoms with Gasteiger partial charge < -0.3 is 5.32 Å². The zero-order valence-corrected chi connectivity index (χ0v) is 16.0. The molecule has 1 aliphatic rings. The molecule has 2 aromatic rings. The molecule has 10 heteroatoms. The fraction of sp³-hybridized carbons (Fsp3) is 0.562. The van der Waals surface area contributed by atoms with Gasteiger partial charge in [0.1, 0.15) is 0 Å². The van der Waals surface area contributed by atoms with E-state index in [1.54, 1.807) is 4.68 Å². The summed E-state index contributed by atoms with van der Waals surface area (Å²) in [5, 5.41) is 10.7. The molecule has 26 heavy (non-hydrogen) atoms. The van der Waals surface area contributed by atoms with Gasteiger partial charge in [0.2, 0.25) is 5.91 Å². The van der Waals surface area contributed by atoms with Gasteiger partial charge in [-0.05, 0) is 41.8 Å². The Morgan fingerprint density at radius 1 is 1.38 bits per heavy atom. The smallest absolute Gasteiger partial charge is 0.350 e. The lowest BCUT2D eigenvalue weighted by Crippen LogP contribution is -2.24. The van der Waals surface area contributed by atoms with Gasteiger partial charge >= 0.3 is 6.18 Å². The van der Waals surface area contributed by atoms with Crippen LogP contribution in [0.3, 0.4) is 0 Å². The van der Waals surface area contributed by atoms with E-state index in [2.05, 4.69) is 31.4 Å². The summed E-state index contributed by atoms with van der Waals surface area (Å²) in [5.74, 6) is -0.178. The number of carbonyl (C=O) groups is 1. The first-order valence-corrected chi connectivity index (χ1v) is 9.05. The summed E-state index contributed by atoms with van der Waals surface area (Å²) in [4.78, 5) is 12.0. The van der Waals surface area contributed by atoms with E-state index >= 15 is 0 Å². The van der Waals surface area contributed by atoms with Gasteiger partial charge in [-0.3, -0.25) is 14.2 Å². The molecule has 0 bridgehead atoms. The van der Waals surface area contributed by atoms with Gasteiger partial charge in [0.25, 0.3) is 0 Å². The maximum absolute atomic E-state index is 13.1. The third-order valence-corrected chi connectivity index (χ3v) is 5.13. The largest absolute Gasteiger partial charge is 0.436 e. The Morgan fingerprint density at radius 2 is 2.08 bits per heavy atom. The van der Waals surface area contributed by atoms with Crippen LogP contribution >= 0.6 is 15.9 Å². The Balaban J connectivity index is 1.62. The normalized spacial score (nSPS) is 14.7. The summed E-state index contributed by atoms with van der Waals surface area (Å²) >= 11 is 3.04. The number of hydrogen-bond donors (Lipinski definition) is 1. The maximum atomic E-state index is 13.1. The van der Waals surface area contributed by atoms with E-state index in [-0.39, 0.29) is 35.8 Å². The summed E-state index contributed by atoms with van der Waals surface area (Å²) in [5.41, 5.74) is 1.32. The molecule has 6 nitrogen and oxygen atoms in total. The summed E-state index contributed by atoms with van der Waals surface area (Å²) in [6, 6.07) is 1.87. The van der Waals surface area contributed by atoms with Gasteiger partial charge in [0, 0.05) is 25.1 Å². The molecule has 3 rings (SSSR count). The Morgan fingerprint density at radius 3 is 2.62 bits per heavy atom. The molecule has 2 aromatic heterocycles. The van der Waals surface area contributed by atoms with Crippen LogP contribution in [0.5, 0.6) is 0 Å². The molecule has 0 saturated heterocycles. The second-order valence-corrected chi connectivity index (χ2v) is 7.26. The van der Waals surface area contributed by atoms with Crippen molar-refractivity contribution in [2.24, 2.45) is 7.05 Å². The van der Waals surface area contributed by atoms with E-state index in [0.717, 1.165) is 24.2 Å². The molecule has 0 radical (unpaired) electrons.